The quantitative estimate of drug-likeness (QED) is 0.673. The van der Waals surface area contributed by atoms with Crippen molar-refractivity contribution in [3.63, 3.8) is 0 Å². The molecule has 2 amide bonds. The molecule has 0 saturated carbocycles. The number of fused-ring (bicyclic) bond motifs is 2. The minimum atomic E-state index is 0.164. The number of rotatable bonds is 4. The van der Waals surface area contributed by atoms with E-state index < -0.39 is 0 Å². The molecule has 2 fully saturated rings. The van der Waals surface area contributed by atoms with Crippen LogP contribution < -0.4 is 4.90 Å². The van der Waals surface area contributed by atoms with Gasteiger partial charge in [-0.25, -0.2) is 9.78 Å². The van der Waals surface area contributed by atoms with E-state index in [2.05, 4.69) is 39.0 Å². The van der Waals surface area contributed by atoms with E-state index in [0.717, 1.165) is 56.4 Å². The molecule has 2 saturated heterocycles. The summed E-state index contributed by atoms with van der Waals surface area (Å²) < 4.78 is 5.36. The van der Waals surface area contributed by atoms with Crippen LogP contribution in [0, 0.1) is 0 Å². The van der Waals surface area contributed by atoms with Crippen molar-refractivity contribution in [1.82, 2.24) is 19.7 Å². The predicted octanol–water partition coefficient (Wildman–Crippen LogP) is 3.80. The molecule has 32 heavy (non-hydrogen) atoms. The van der Waals surface area contributed by atoms with E-state index in [1.165, 1.54) is 10.6 Å². The Morgan fingerprint density at radius 3 is 2.56 bits per heavy atom. The summed E-state index contributed by atoms with van der Waals surface area (Å²) in [6.45, 7) is 8.04. The molecular formula is C23H28ClN5O2S. The van der Waals surface area contributed by atoms with Gasteiger partial charge in [-0.3, -0.25) is 4.90 Å². The largest absolute Gasteiger partial charge is 0.378 e. The summed E-state index contributed by atoms with van der Waals surface area (Å²) in [5.41, 5.74) is 1.21. The van der Waals surface area contributed by atoms with Crippen molar-refractivity contribution < 1.29 is 9.53 Å². The molecule has 0 aliphatic carbocycles. The topological polar surface area (TPSA) is 52.2 Å². The summed E-state index contributed by atoms with van der Waals surface area (Å²) in [6, 6.07) is 10.6. The summed E-state index contributed by atoms with van der Waals surface area (Å²) in [6.07, 6.45) is 2.76. The third-order valence-electron chi connectivity index (χ3n) is 6.21. The van der Waals surface area contributed by atoms with Gasteiger partial charge in [-0.2, -0.15) is 0 Å². The van der Waals surface area contributed by atoms with Gasteiger partial charge < -0.3 is 19.4 Å². The fourth-order valence-electron chi connectivity index (χ4n) is 4.49. The number of halogens is 1. The molecule has 7 nitrogen and oxygen atoms in total. The lowest BCUT2D eigenvalue weighted by Gasteiger charge is -2.39. The van der Waals surface area contributed by atoms with Gasteiger partial charge in [0.05, 0.1) is 28.8 Å². The van der Waals surface area contributed by atoms with E-state index in [0.29, 0.717) is 31.3 Å². The van der Waals surface area contributed by atoms with Crippen LogP contribution in [0.1, 0.15) is 6.42 Å². The minimum Gasteiger partial charge on any atom is -0.378 e. The van der Waals surface area contributed by atoms with Crippen molar-refractivity contribution in [2.24, 2.45) is 0 Å². The van der Waals surface area contributed by atoms with Gasteiger partial charge in [-0.15, -0.1) is 0 Å². The first-order valence-corrected chi connectivity index (χ1v) is 12.4. The number of para-hydroxylation sites is 1. The standard InChI is InChI=1S/C23H28ClN5O2S/c24-18-16-21-22(25-17-18)29(19-4-1-2-5-20(19)32-21)7-3-6-26-8-10-27(11-9-26)23(30)28-12-14-31-15-13-28/h1-2,4-5,16-17H,3,6-15H2. The van der Waals surface area contributed by atoms with Crippen molar-refractivity contribution in [2.75, 3.05) is 70.5 Å². The van der Waals surface area contributed by atoms with Gasteiger partial charge in [0.15, 0.2) is 0 Å². The van der Waals surface area contributed by atoms with Crippen molar-refractivity contribution in [2.45, 2.75) is 16.2 Å². The summed E-state index contributed by atoms with van der Waals surface area (Å²) >= 11 is 7.93. The highest BCUT2D eigenvalue weighted by atomic mass is 35.5. The van der Waals surface area contributed by atoms with Gasteiger partial charge in [-0.1, -0.05) is 35.5 Å². The van der Waals surface area contributed by atoms with Crippen LogP contribution in [0.2, 0.25) is 5.02 Å². The van der Waals surface area contributed by atoms with Crippen LogP contribution in [0.5, 0.6) is 0 Å². The van der Waals surface area contributed by atoms with Gasteiger partial charge in [0.2, 0.25) is 0 Å². The highest BCUT2D eigenvalue weighted by Crippen LogP contribution is 2.47. The monoisotopic (exact) mass is 473 g/mol. The van der Waals surface area contributed by atoms with Gasteiger partial charge in [0.1, 0.15) is 5.82 Å². The number of ether oxygens (including phenoxy) is 1. The first-order chi connectivity index (χ1) is 15.7. The first-order valence-electron chi connectivity index (χ1n) is 11.2. The van der Waals surface area contributed by atoms with Gasteiger partial charge in [0.25, 0.3) is 0 Å². The number of pyridine rings is 1. The van der Waals surface area contributed by atoms with E-state index in [9.17, 15) is 4.79 Å². The number of carbonyl (C=O) groups excluding carboxylic acids is 1. The number of anilines is 2. The maximum atomic E-state index is 12.7. The highest BCUT2D eigenvalue weighted by molar-refractivity contribution is 7.99. The zero-order valence-corrected chi connectivity index (χ0v) is 19.7. The lowest BCUT2D eigenvalue weighted by molar-refractivity contribution is 0.0377. The summed E-state index contributed by atoms with van der Waals surface area (Å²) in [5.74, 6) is 0.985. The molecule has 1 aromatic carbocycles. The molecule has 2 aromatic rings. The Labute approximate surface area is 198 Å². The Kier molecular flexibility index (Phi) is 6.73. The van der Waals surface area contributed by atoms with E-state index in [1.54, 1.807) is 18.0 Å². The Morgan fingerprint density at radius 2 is 1.75 bits per heavy atom. The molecule has 0 spiro atoms. The lowest BCUT2D eigenvalue weighted by atomic mass is 10.2. The second kappa shape index (κ2) is 9.87. The average Bonchev–Trinajstić information content (AvgIpc) is 2.84. The number of urea groups is 1. The molecular weight excluding hydrogens is 446 g/mol. The van der Waals surface area contributed by atoms with Crippen LogP contribution in [0.15, 0.2) is 46.3 Å². The average molecular weight is 474 g/mol. The molecule has 0 radical (unpaired) electrons. The molecule has 4 heterocycles. The number of benzene rings is 1. The minimum absolute atomic E-state index is 0.164. The molecule has 1 aromatic heterocycles. The zero-order valence-electron chi connectivity index (χ0n) is 18.1. The number of amides is 2. The van der Waals surface area contributed by atoms with Crippen molar-refractivity contribution in [3.8, 4) is 0 Å². The molecule has 0 N–H and O–H groups in total. The number of aromatic nitrogens is 1. The Hall–Kier alpha value is -2.00. The normalized spacial score (nSPS) is 19.0. The molecule has 9 heteroatoms. The van der Waals surface area contributed by atoms with Crippen molar-refractivity contribution in [3.05, 3.63) is 41.6 Å². The van der Waals surface area contributed by atoms with Crippen LogP contribution in [0.3, 0.4) is 0 Å². The molecule has 0 atom stereocenters. The number of hydrogen-bond donors (Lipinski definition) is 0. The van der Waals surface area contributed by atoms with Crippen LogP contribution >= 0.6 is 23.4 Å². The number of piperazine rings is 1. The molecule has 3 aliphatic heterocycles. The van der Waals surface area contributed by atoms with Gasteiger partial charge in [-0.05, 0) is 31.2 Å². The summed E-state index contributed by atoms with van der Waals surface area (Å²) in [7, 11) is 0. The van der Waals surface area contributed by atoms with Crippen LogP contribution in [-0.4, -0.2) is 91.3 Å². The Morgan fingerprint density at radius 1 is 1.00 bits per heavy atom. The van der Waals surface area contributed by atoms with Crippen LogP contribution in [-0.2, 0) is 4.74 Å². The SMILES string of the molecule is O=C(N1CCOCC1)N1CCN(CCCN2c3ccccc3Sc3cc(Cl)cnc32)CC1. The summed E-state index contributed by atoms with van der Waals surface area (Å²) in [5, 5.41) is 0.667. The molecule has 5 rings (SSSR count). The number of nitrogens with zero attached hydrogens (tertiary/aromatic N) is 5. The zero-order chi connectivity index (χ0) is 21.9. The smallest absolute Gasteiger partial charge is 0.320 e. The number of carbonyl (C=O) groups is 1. The van der Waals surface area contributed by atoms with E-state index >= 15 is 0 Å². The second-order valence-electron chi connectivity index (χ2n) is 8.26. The van der Waals surface area contributed by atoms with Gasteiger partial charge in [0, 0.05) is 56.9 Å². The summed E-state index contributed by atoms with van der Waals surface area (Å²) in [4.78, 5) is 28.4. The highest BCUT2D eigenvalue weighted by Gasteiger charge is 2.27. The number of hydrogen-bond acceptors (Lipinski definition) is 6. The molecule has 3 aliphatic rings. The van der Waals surface area contributed by atoms with E-state index in [4.69, 9.17) is 16.3 Å². The predicted molar refractivity (Wildman–Crippen MR) is 127 cm³/mol. The van der Waals surface area contributed by atoms with Crippen LogP contribution in [0.4, 0.5) is 16.3 Å². The first kappa shape index (κ1) is 21.8. The Balaban J connectivity index is 1.16. The fourth-order valence-corrected chi connectivity index (χ4v) is 5.82. The third-order valence-corrected chi connectivity index (χ3v) is 7.50. The third kappa shape index (κ3) is 4.69. The molecule has 0 bridgehead atoms. The Bertz CT molecular complexity index is 963. The van der Waals surface area contributed by atoms with E-state index in [-0.39, 0.29) is 6.03 Å². The fraction of sp³-hybridized carbons (Fsp3) is 0.478. The molecule has 0 unspecified atom stereocenters. The van der Waals surface area contributed by atoms with Crippen LogP contribution in [0.25, 0.3) is 0 Å². The maximum absolute atomic E-state index is 12.7. The molecule has 170 valence electrons. The van der Waals surface area contributed by atoms with E-state index in [1.807, 2.05) is 15.9 Å². The van der Waals surface area contributed by atoms with Gasteiger partial charge >= 0.3 is 6.03 Å². The number of morpholine rings is 1. The second-order valence-corrected chi connectivity index (χ2v) is 9.78. The van der Waals surface area contributed by atoms with Crippen molar-refractivity contribution >= 4 is 40.9 Å². The maximum Gasteiger partial charge on any atom is 0.320 e. The lowest BCUT2D eigenvalue weighted by Crippen LogP contribution is -2.54. The van der Waals surface area contributed by atoms with Crippen molar-refractivity contribution in [1.29, 1.82) is 0 Å².